The van der Waals surface area contributed by atoms with Crippen LogP contribution in [0.4, 0.5) is 0 Å². The molecule has 0 spiro atoms. The van der Waals surface area contributed by atoms with E-state index in [9.17, 15) is 9.59 Å². The van der Waals surface area contributed by atoms with Gasteiger partial charge >= 0.3 is 0 Å². The lowest BCUT2D eigenvalue weighted by Gasteiger charge is -2.06. The maximum Gasteiger partial charge on any atom is 0.270 e. The zero-order valence-electron chi connectivity index (χ0n) is 9.78. The van der Waals surface area contributed by atoms with Crippen molar-refractivity contribution >= 4 is 23.4 Å². The molecule has 1 aliphatic carbocycles. The van der Waals surface area contributed by atoms with Crippen molar-refractivity contribution in [2.45, 2.75) is 12.8 Å². The summed E-state index contributed by atoms with van der Waals surface area (Å²) < 4.78 is 0. The molecule has 0 aromatic carbocycles. The van der Waals surface area contributed by atoms with E-state index in [1.165, 1.54) is 25.1 Å². The zero-order chi connectivity index (χ0) is 13.0. The average molecular weight is 268 g/mol. The van der Waals surface area contributed by atoms with E-state index in [2.05, 4.69) is 15.6 Å². The molecule has 0 bridgehead atoms. The number of rotatable bonds is 5. The van der Waals surface area contributed by atoms with Gasteiger partial charge in [-0.3, -0.25) is 14.6 Å². The Balaban J connectivity index is 1.75. The minimum Gasteiger partial charge on any atom is -0.354 e. The lowest BCUT2D eigenvalue weighted by Crippen LogP contribution is -2.37. The van der Waals surface area contributed by atoms with Crippen LogP contribution in [0.1, 0.15) is 23.3 Å². The summed E-state index contributed by atoms with van der Waals surface area (Å²) in [6.45, 7) is 0.657. The maximum atomic E-state index is 11.6. The van der Waals surface area contributed by atoms with Gasteiger partial charge in [-0.15, -0.1) is 0 Å². The molecule has 0 saturated heterocycles. The highest BCUT2D eigenvalue weighted by molar-refractivity contribution is 6.30. The summed E-state index contributed by atoms with van der Waals surface area (Å²) in [7, 11) is 0. The highest BCUT2D eigenvalue weighted by Gasteiger charge is 2.21. The Morgan fingerprint density at radius 3 is 2.83 bits per heavy atom. The molecule has 0 radical (unpaired) electrons. The van der Waals surface area contributed by atoms with Gasteiger partial charge in [0.15, 0.2) is 0 Å². The molecule has 5 nitrogen and oxygen atoms in total. The number of halogens is 1. The fourth-order valence-corrected chi connectivity index (χ4v) is 1.58. The Bertz CT molecular complexity index is 460. The van der Waals surface area contributed by atoms with E-state index >= 15 is 0 Å². The zero-order valence-corrected chi connectivity index (χ0v) is 10.5. The third-order valence-corrected chi connectivity index (χ3v) is 2.88. The molecular weight excluding hydrogens is 254 g/mol. The molecule has 0 unspecified atom stereocenters. The van der Waals surface area contributed by atoms with Crippen LogP contribution >= 0.6 is 11.6 Å². The van der Waals surface area contributed by atoms with Crippen LogP contribution in [0, 0.1) is 5.92 Å². The number of pyridine rings is 1. The fraction of sp³-hybridized carbons (Fsp3) is 0.417. The van der Waals surface area contributed by atoms with Crippen LogP contribution in [0.5, 0.6) is 0 Å². The van der Waals surface area contributed by atoms with E-state index < -0.39 is 5.91 Å². The van der Waals surface area contributed by atoms with Crippen LogP contribution in [0.2, 0.25) is 5.02 Å². The van der Waals surface area contributed by atoms with E-state index in [4.69, 9.17) is 11.6 Å². The van der Waals surface area contributed by atoms with Gasteiger partial charge in [-0.25, -0.2) is 0 Å². The maximum absolute atomic E-state index is 11.6. The number of amides is 2. The summed E-state index contributed by atoms with van der Waals surface area (Å²) in [5.74, 6) is 0.0376. The summed E-state index contributed by atoms with van der Waals surface area (Å²) in [6.07, 6.45) is 3.81. The molecule has 1 heterocycles. The first-order valence-electron chi connectivity index (χ1n) is 5.81. The van der Waals surface area contributed by atoms with Gasteiger partial charge in [0.25, 0.3) is 5.91 Å². The lowest BCUT2D eigenvalue weighted by atomic mass is 10.3. The molecule has 1 aliphatic rings. The van der Waals surface area contributed by atoms with Crippen molar-refractivity contribution in [3.8, 4) is 0 Å². The van der Waals surface area contributed by atoms with Gasteiger partial charge in [-0.05, 0) is 30.9 Å². The fourth-order valence-electron chi connectivity index (χ4n) is 1.42. The number of carbonyl (C=O) groups excluding carboxylic acids is 2. The highest BCUT2D eigenvalue weighted by Crippen LogP contribution is 2.27. The van der Waals surface area contributed by atoms with Gasteiger partial charge in [-0.2, -0.15) is 0 Å². The third kappa shape index (κ3) is 4.00. The molecule has 2 amide bonds. The van der Waals surface area contributed by atoms with Crippen LogP contribution in [0.25, 0.3) is 0 Å². The number of nitrogens with zero attached hydrogens (tertiary/aromatic N) is 1. The molecule has 0 atom stereocenters. The smallest absolute Gasteiger partial charge is 0.270 e. The van der Waals surface area contributed by atoms with Gasteiger partial charge < -0.3 is 10.6 Å². The number of aromatic nitrogens is 1. The number of nitrogens with one attached hydrogen (secondary N) is 2. The number of carbonyl (C=O) groups is 2. The lowest BCUT2D eigenvalue weighted by molar-refractivity contribution is -0.120. The van der Waals surface area contributed by atoms with E-state index in [1.807, 2.05) is 0 Å². The molecular formula is C12H14ClN3O2. The van der Waals surface area contributed by atoms with Gasteiger partial charge in [0.05, 0.1) is 6.54 Å². The monoisotopic (exact) mass is 267 g/mol. The van der Waals surface area contributed by atoms with Crippen LogP contribution in [-0.4, -0.2) is 29.9 Å². The standard InChI is InChI=1S/C12H14ClN3O2/c13-9-3-4-14-10(5-9)12(18)16-7-11(17)15-6-8-1-2-8/h3-5,8H,1-2,6-7H2,(H,15,17)(H,16,18). The minimum atomic E-state index is -0.404. The van der Waals surface area contributed by atoms with Crippen LogP contribution < -0.4 is 10.6 Å². The van der Waals surface area contributed by atoms with Crippen molar-refractivity contribution in [3.63, 3.8) is 0 Å². The van der Waals surface area contributed by atoms with Gasteiger partial charge in [0.2, 0.25) is 5.91 Å². The van der Waals surface area contributed by atoms with E-state index in [-0.39, 0.29) is 18.1 Å². The molecule has 2 N–H and O–H groups in total. The van der Waals surface area contributed by atoms with Crippen molar-refractivity contribution in [1.29, 1.82) is 0 Å². The summed E-state index contributed by atoms with van der Waals surface area (Å²) >= 11 is 5.74. The Labute approximate surface area is 110 Å². The van der Waals surface area contributed by atoms with E-state index in [1.54, 1.807) is 6.07 Å². The first-order chi connectivity index (χ1) is 8.65. The van der Waals surface area contributed by atoms with Crippen molar-refractivity contribution in [1.82, 2.24) is 15.6 Å². The van der Waals surface area contributed by atoms with Gasteiger partial charge in [-0.1, -0.05) is 11.6 Å². The molecule has 2 rings (SSSR count). The Hall–Kier alpha value is -1.62. The van der Waals surface area contributed by atoms with Crippen LogP contribution in [0.15, 0.2) is 18.3 Å². The molecule has 1 fully saturated rings. The summed E-state index contributed by atoms with van der Waals surface area (Å²) in [4.78, 5) is 26.9. The predicted octanol–water partition coefficient (Wildman–Crippen LogP) is 0.991. The molecule has 1 saturated carbocycles. The first-order valence-corrected chi connectivity index (χ1v) is 6.19. The molecule has 1 aromatic rings. The Kier molecular flexibility index (Phi) is 4.15. The van der Waals surface area contributed by atoms with E-state index in [0.29, 0.717) is 17.5 Å². The summed E-state index contributed by atoms with van der Waals surface area (Å²) in [5, 5.41) is 5.70. The Morgan fingerprint density at radius 1 is 1.39 bits per heavy atom. The molecule has 96 valence electrons. The second-order valence-electron chi connectivity index (χ2n) is 4.29. The quantitative estimate of drug-likeness (QED) is 0.836. The second kappa shape index (κ2) is 5.82. The topological polar surface area (TPSA) is 71.1 Å². The first kappa shape index (κ1) is 12.8. The second-order valence-corrected chi connectivity index (χ2v) is 4.73. The van der Waals surface area contributed by atoms with Crippen molar-refractivity contribution in [2.75, 3.05) is 13.1 Å². The van der Waals surface area contributed by atoms with Crippen molar-refractivity contribution < 1.29 is 9.59 Å². The normalized spacial score (nSPS) is 14.1. The van der Waals surface area contributed by atoms with Crippen LogP contribution in [-0.2, 0) is 4.79 Å². The number of hydrogen-bond acceptors (Lipinski definition) is 3. The van der Waals surface area contributed by atoms with Gasteiger partial charge in [0.1, 0.15) is 5.69 Å². The SMILES string of the molecule is O=C(CNC(=O)c1cc(Cl)ccn1)NCC1CC1. The third-order valence-electron chi connectivity index (χ3n) is 2.65. The van der Waals surface area contributed by atoms with Gasteiger partial charge in [0, 0.05) is 17.8 Å². The average Bonchev–Trinajstić information content (AvgIpc) is 3.17. The van der Waals surface area contributed by atoms with Crippen LogP contribution in [0.3, 0.4) is 0 Å². The molecule has 6 heteroatoms. The summed E-state index contributed by atoms with van der Waals surface area (Å²) in [6, 6.07) is 3.04. The summed E-state index contributed by atoms with van der Waals surface area (Å²) in [5.41, 5.74) is 0.206. The molecule has 18 heavy (non-hydrogen) atoms. The Morgan fingerprint density at radius 2 is 2.17 bits per heavy atom. The van der Waals surface area contributed by atoms with Crippen molar-refractivity contribution in [2.24, 2.45) is 5.92 Å². The molecule has 0 aliphatic heterocycles. The highest BCUT2D eigenvalue weighted by atomic mass is 35.5. The largest absolute Gasteiger partial charge is 0.354 e. The molecule has 1 aromatic heterocycles. The number of hydrogen-bond donors (Lipinski definition) is 2. The minimum absolute atomic E-state index is 0.0419. The predicted molar refractivity (Wildman–Crippen MR) is 67.3 cm³/mol. The van der Waals surface area contributed by atoms with Crippen molar-refractivity contribution in [3.05, 3.63) is 29.0 Å². The van der Waals surface area contributed by atoms with E-state index in [0.717, 1.165) is 0 Å².